The van der Waals surface area contributed by atoms with Gasteiger partial charge in [0.1, 0.15) is 11.3 Å². The summed E-state index contributed by atoms with van der Waals surface area (Å²) in [7, 11) is 0. The van der Waals surface area contributed by atoms with Crippen molar-refractivity contribution in [2.75, 3.05) is 5.43 Å². The van der Waals surface area contributed by atoms with E-state index in [-0.39, 0.29) is 10.7 Å². The second kappa shape index (κ2) is 6.20. The molecular formula is C17H12ClF3N2O. The van der Waals surface area contributed by atoms with E-state index in [0.717, 1.165) is 17.5 Å². The Bertz CT molecular complexity index is 883. The van der Waals surface area contributed by atoms with Crippen molar-refractivity contribution >= 4 is 34.0 Å². The van der Waals surface area contributed by atoms with Crippen LogP contribution in [0.1, 0.15) is 18.2 Å². The van der Waals surface area contributed by atoms with E-state index >= 15 is 0 Å². The highest BCUT2D eigenvalue weighted by Gasteiger charge is 2.30. The minimum Gasteiger partial charge on any atom is -0.455 e. The van der Waals surface area contributed by atoms with Crippen molar-refractivity contribution in [3.8, 4) is 0 Å². The van der Waals surface area contributed by atoms with Gasteiger partial charge in [-0.1, -0.05) is 29.8 Å². The number of nitrogens with zero attached hydrogens (tertiary/aromatic N) is 1. The molecule has 0 aliphatic heterocycles. The molecule has 0 saturated heterocycles. The van der Waals surface area contributed by atoms with E-state index in [1.807, 2.05) is 30.3 Å². The van der Waals surface area contributed by atoms with Crippen LogP contribution in [0.15, 0.2) is 58.0 Å². The molecule has 3 nitrogen and oxygen atoms in total. The maximum Gasteiger partial charge on any atom is 0.416 e. The van der Waals surface area contributed by atoms with E-state index < -0.39 is 11.7 Å². The molecule has 0 saturated carbocycles. The third-order valence-corrected chi connectivity index (χ3v) is 3.75. The molecule has 1 N–H and O–H groups in total. The van der Waals surface area contributed by atoms with Crippen LogP contribution in [0.25, 0.3) is 11.0 Å². The summed E-state index contributed by atoms with van der Waals surface area (Å²) in [6.45, 7) is 1.69. The van der Waals surface area contributed by atoms with Gasteiger partial charge in [-0.15, -0.1) is 0 Å². The number of furan rings is 1. The van der Waals surface area contributed by atoms with Crippen molar-refractivity contribution in [2.24, 2.45) is 5.10 Å². The largest absolute Gasteiger partial charge is 0.455 e. The molecule has 7 heteroatoms. The smallest absolute Gasteiger partial charge is 0.416 e. The standard InChI is InChI=1S/C17H12ClF3N2O/c1-10(16-8-11-4-2-3-5-15(11)24-16)22-23-14-9-12(17(19,20)21)6-7-13(14)18/h2-9,23H,1H3/b22-10+. The first-order valence-electron chi connectivity index (χ1n) is 7.00. The first kappa shape index (κ1) is 16.4. The van der Waals surface area contributed by atoms with Crippen LogP contribution in [-0.4, -0.2) is 5.71 Å². The fourth-order valence-electron chi connectivity index (χ4n) is 2.15. The van der Waals surface area contributed by atoms with E-state index in [1.54, 1.807) is 6.92 Å². The molecule has 1 heterocycles. The van der Waals surface area contributed by atoms with Crippen LogP contribution in [0.4, 0.5) is 18.9 Å². The molecule has 0 unspecified atom stereocenters. The van der Waals surface area contributed by atoms with Gasteiger partial charge in [-0.3, -0.25) is 5.43 Å². The van der Waals surface area contributed by atoms with Gasteiger partial charge >= 0.3 is 6.18 Å². The van der Waals surface area contributed by atoms with Crippen molar-refractivity contribution in [1.29, 1.82) is 0 Å². The van der Waals surface area contributed by atoms with Crippen molar-refractivity contribution in [3.63, 3.8) is 0 Å². The number of alkyl halides is 3. The van der Waals surface area contributed by atoms with Gasteiger partial charge in [-0.2, -0.15) is 18.3 Å². The summed E-state index contributed by atoms with van der Waals surface area (Å²) in [5, 5.41) is 5.12. The quantitative estimate of drug-likeness (QED) is 0.468. The highest BCUT2D eigenvalue weighted by Crippen LogP contribution is 2.33. The lowest BCUT2D eigenvalue weighted by Crippen LogP contribution is -2.06. The molecule has 124 valence electrons. The molecule has 0 radical (unpaired) electrons. The molecule has 0 atom stereocenters. The summed E-state index contributed by atoms with van der Waals surface area (Å²) < 4.78 is 43.9. The number of fused-ring (bicyclic) bond motifs is 1. The van der Waals surface area contributed by atoms with Gasteiger partial charge in [-0.25, -0.2) is 0 Å². The van der Waals surface area contributed by atoms with Gasteiger partial charge in [0, 0.05) is 5.39 Å². The molecule has 0 aliphatic carbocycles. The predicted molar refractivity (Wildman–Crippen MR) is 88.5 cm³/mol. The number of para-hydroxylation sites is 1. The summed E-state index contributed by atoms with van der Waals surface area (Å²) in [5.41, 5.74) is 3.03. The highest BCUT2D eigenvalue weighted by molar-refractivity contribution is 6.33. The van der Waals surface area contributed by atoms with Crippen molar-refractivity contribution in [2.45, 2.75) is 13.1 Å². The third kappa shape index (κ3) is 3.38. The lowest BCUT2D eigenvalue weighted by atomic mass is 10.2. The Kier molecular flexibility index (Phi) is 4.24. The predicted octanol–water partition coefficient (Wildman–Crippen LogP) is 5.94. The summed E-state index contributed by atoms with van der Waals surface area (Å²) in [4.78, 5) is 0. The minimum absolute atomic E-state index is 0.0713. The zero-order chi connectivity index (χ0) is 17.3. The molecular weight excluding hydrogens is 341 g/mol. The fourth-order valence-corrected chi connectivity index (χ4v) is 2.31. The Morgan fingerprint density at radius 3 is 2.58 bits per heavy atom. The minimum atomic E-state index is -4.45. The fraction of sp³-hybridized carbons (Fsp3) is 0.118. The van der Waals surface area contributed by atoms with Gasteiger partial charge < -0.3 is 4.42 Å². The van der Waals surface area contributed by atoms with E-state index in [1.165, 1.54) is 6.07 Å². The Hall–Kier alpha value is -2.47. The highest BCUT2D eigenvalue weighted by atomic mass is 35.5. The second-order valence-electron chi connectivity index (χ2n) is 5.15. The van der Waals surface area contributed by atoms with Crippen LogP contribution >= 0.6 is 11.6 Å². The van der Waals surface area contributed by atoms with Gasteiger partial charge in [-0.05, 0) is 37.3 Å². The first-order chi connectivity index (χ1) is 11.3. The molecule has 3 rings (SSSR count). The number of benzene rings is 2. The Morgan fingerprint density at radius 2 is 1.88 bits per heavy atom. The lowest BCUT2D eigenvalue weighted by Gasteiger charge is -2.10. The van der Waals surface area contributed by atoms with Crippen LogP contribution in [0.3, 0.4) is 0 Å². The lowest BCUT2D eigenvalue weighted by molar-refractivity contribution is -0.137. The molecule has 0 fully saturated rings. The Labute approximate surface area is 140 Å². The Morgan fingerprint density at radius 1 is 1.12 bits per heavy atom. The molecule has 1 aromatic heterocycles. The topological polar surface area (TPSA) is 37.5 Å². The normalized spacial score (nSPS) is 12.6. The van der Waals surface area contributed by atoms with Crippen LogP contribution in [0, 0.1) is 0 Å². The zero-order valence-corrected chi connectivity index (χ0v) is 13.2. The molecule has 3 aromatic rings. The maximum atomic E-state index is 12.8. The monoisotopic (exact) mass is 352 g/mol. The summed E-state index contributed by atoms with van der Waals surface area (Å²) in [6.07, 6.45) is -4.45. The van der Waals surface area contributed by atoms with Crippen LogP contribution < -0.4 is 5.43 Å². The molecule has 24 heavy (non-hydrogen) atoms. The zero-order valence-electron chi connectivity index (χ0n) is 12.5. The average molecular weight is 353 g/mol. The number of rotatable bonds is 3. The maximum absolute atomic E-state index is 12.8. The number of halogens is 4. The second-order valence-corrected chi connectivity index (χ2v) is 5.56. The van der Waals surface area contributed by atoms with Gasteiger partial charge in [0.15, 0.2) is 5.76 Å². The Balaban J connectivity index is 1.87. The van der Waals surface area contributed by atoms with E-state index in [0.29, 0.717) is 17.1 Å². The van der Waals surface area contributed by atoms with Gasteiger partial charge in [0.25, 0.3) is 0 Å². The number of nitrogens with one attached hydrogen (secondary N) is 1. The SMILES string of the molecule is C/C(=N\Nc1cc(C(F)(F)F)ccc1Cl)c1cc2ccccc2o1. The average Bonchev–Trinajstić information content (AvgIpc) is 2.96. The van der Waals surface area contributed by atoms with Crippen molar-refractivity contribution < 1.29 is 17.6 Å². The summed E-state index contributed by atoms with van der Waals surface area (Å²) >= 11 is 5.92. The molecule has 0 bridgehead atoms. The van der Waals surface area contributed by atoms with E-state index in [4.69, 9.17) is 16.0 Å². The number of anilines is 1. The van der Waals surface area contributed by atoms with Crippen LogP contribution in [0.5, 0.6) is 0 Å². The summed E-state index contributed by atoms with van der Waals surface area (Å²) in [6, 6.07) is 12.3. The number of hydrazone groups is 1. The summed E-state index contributed by atoms with van der Waals surface area (Å²) in [5.74, 6) is 0.520. The van der Waals surface area contributed by atoms with Gasteiger partial charge in [0.2, 0.25) is 0 Å². The van der Waals surface area contributed by atoms with E-state index in [2.05, 4.69) is 10.5 Å². The molecule has 0 spiro atoms. The molecule has 2 aromatic carbocycles. The van der Waals surface area contributed by atoms with Crippen molar-refractivity contribution in [1.82, 2.24) is 0 Å². The molecule has 0 aliphatic rings. The van der Waals surface area contributed by atoms with Crippen LogP contribution in [-0.2, 0) is 6.18 Å². The van der Waals surface area contributed by atoms with Crippen LogP contribution in [0.2, 0.25) is 5.02 Å². The van der Waals surface area contributed by atoms with Gasteiger partial charge in [0.05, 0.1) is 16.3 Å². The molecule has 0 amide bonds. The van der Waals surface area contributed by atoms with Crippen molar-refractivity contribution in [3.05, 3.63) is 64.9 Å². The first-order valence-corrected chi connectivity index (χ1v) is 7.38. The number of hydrogen-bond donors (Lipinski definition) is 1. The number of hydrogen-bond acceptors (Lipinski definition) is 3. The third-order valence-electron chi connectivity index (χ3n) is 3.42. The van der Waals surface area contributed by atoms with E-state index in [9.17, 15) is 13.2 Å².